The standard InChI is InChI=1S/C15H19N5O/c21-15(17-10-4-9-16-12-7-8-12)14-11-18-20(19-14)13-5-2-1-3-6-13/h1-3,5-6,11-12,16H,4,7-10H2,(H,17,21). The van der Waals surface area contributed by atoms with Crippen LogP contribution in [0.2, 0.25) is 0 Å². The number of nitrogens with zero attached hydrogens (tertiary/aromatic N) is 3. The predicted molar refractivity (Wildman–Crippen MR) is 79.3 cm³/mol. The van der Waals surface area contributed by atoms with Crippen LogP contribution in [-0.4, -0.2) is 40.0 Å². The molecule has 1 saturated carbocycles. The van der Waals surface area contributed by atoms with Crippen LogP contribution < -0.4 is 10.6 Å². The lowest BCUT2D eigenvalue weighted by atomic mass is 10.3. The van der Waals surface area contributed by atoms with Crippen LogP contribution in [0.3, 0.4) is 0 Å². The van der Waals surface area contributed by atoms with E-state index in [0.29, 0.717) is 18.3 Å². The summed E-state index contributed by atoms with van der Waals surface area (Å²) in [5.74, 6) is -0.177. The number of amides is 1. The highest BCUT2D eigenvalue weighted by atomic mass is 16.2. The van der Waals surface area contributed by atoms with Crippen LogP contribution in [-0.2, 0) is 0 Å². The second-order valence-electron chi connectivity index (χ2n) is 5.19. The summed E-state index contributed by atoms with van der Waals surface area (Å²) in [7, 11) is 0. The van der Waals surface area contributed by atoms with E-state index in [0.717, 1.165) is 18.7 Å². The third kappa shape index (κ3) is 3.88. The van der Waals surface area contributed by atoms with E-state index in [9.17, 15) is 4.79 Å². The molecule has 1 fully saturated rings. The van der Waals surface area contributed by atoms with Gasteiger partial charge in [-0.2, -0.15) is 9.90 Å². The number of carbonyl (C=O) groups is 1. The topological polar surface area (TPSA) is 71.8 Å². The van der Waals surface area contributed by atoms with Gasteiger partial charge in [0.15, 0.2) is 5.69 Å². The van der Waals surface area contributed by atoms with Crippen molar-refractivity contribution in [1.29, 1.82) is 0 Å². The predicted octanol–water partition coefficient (Wildman–Crippen LogP) is 1.14. The van der Waals surface area contributed by atoms with Crippen LogP contribution in [0.4, 0.5) is 0 Å². The zero-order valence-electron chi connectivity index (χ0n) is 11.8. The molecular formula is C15H19N5O. The monoisotopic (exact) mass is 285 g/mol. The number of rotatable bonds is 7. The Kier molecular flexibility index (Phi) is 4.25. The summed E-state index contributed by atoms with van der Waals surface area (Å²) in [6, 6.07) is 10.2. The molecule has 0 spiro atoms. The Balaban J connectivity index is 1.47. The van der Waals surface area contributed by atoms with Gasteiger partial charge in [0.2, 0.25) is 0 Å². The first-order valence-corrected chi connectivity index (χ1v) is 7.32. The maximum Gasteiger partial charge on any atom is 0.273 e. The molecule has 1 aliphatic carbocycles. The molecule has 1 aromatic carbocycles. The van der Waals surface area contributed by atoms with Crippen molar-refractivity contribution in [3.8, 4) is 5.69 Å². The fourth-order valence-corrected chi connectivity index (χ4v) is 2.03. The van der Waals surface area contributed by atoms with Gasteiger partial charge in [0.05, 0.1) is 11.9 Å². The zero-order chi connectivity index (χ0) is 14.5. The molecule has 0 unspecified atom stereocenters. The summed E-state index contributed by atoms with van der Waals surface area (Å²) in [4.78, 5) is 13.4. The first-order valence-electron chi connectivity index (χ1n) is 7.32. The molecule has 1 aliphatic rings. The van der Waals surface area contributed by atoms with Crippen LogP contribution in [0.5, 0.6) is 0 Å². The SMILES string of the molecule is O=C(NCCCNC1CC1)c1cnn(-c2ccccc2)n1. The van der Waals surface area contributed by atoms with Crippen molar-refractivity contribution in [1.82, 2.24) is 25.6 Å². The van der Waals surface area contributed by atoms with E-state index in [1.165, 1.54) is 23.8 Å². The van der Waals surface area contributed by atoms with Gasteiger partial charge in [-0.15, -0.1) is 5.10 Å². The lowest BCUT2D eigenvalue weighted by Gasteiger charge is -2.04. The van der Waals surface area contributed by atoms with Crippen molar-refractivity contribution >= 4 is 5.91 Å². The summed E-state index contributed by atoms with van der Waals surface area (Å²) < 4.78 is 0. The van der Waals surface area contributed by atoms with Crippen LogP contribution in [0.25, 0.3) is 5.69 Å². The zero-order valence-corrected chi connectivity index (χ0v) is 11.8. The first kappa shape index (κ1) is 13.8. The molecule has 0 radical (unpaired) electrons. The molecule has 6 heteroatoms. The van der Waals surface area contributed by atoms with E-state index >= 15 is 0 Å². The van der Waals surface area contributed by atoms with Gasteiger partial charge in [0.1, 0.15) is 0 Å². The minimum absolute atomic E-state index is 0.177. The largest absolute Gasteiger partial charge is 0.351 e. The van der Waals surface area contributed by atoms with E-state index in [1.807, 2.05) is 30.3 Å². The van der Waals surface area contributed by atoms with Gasteiger partial charge in [-0.3, -0.25) is 4.79 Å². The van der Waals surface area contributed by atoms with Gasteiger partial charge in [0, 0.05) is 12.6 Å². The third-order valence-electron chi connectivity index (χ3n) is 3.36. The van der Waals surface area contributed by atoms with Crippen molar-refractivity contribution in [2.45, 2.75) is 25.3 Å². The van der Waals surface area contributed by atoms with Crippen molar-refractivity contribution in [3.05, 3.63) is 42.2 Å². The molecule has 2 aromatic rings. The summed E-state index contributed by atoms with van der Waals surface area (Å²) in [5.41, 5.74) is 1.18. The van der Waals surface area contributed by atoms with Gasteiger partial charge in [-0.05, 0) is 37.9 Å². The van der Waals surface area contributed by atoms with Crippen molar-refractivity contribution < 1.29 is 4.79 Å². The number of para-hydroxylation sites is 1. The van der Waals surface area contributed by atoms with E-state index in [-0.39, 0.29) is 5.91 Å². The number of hydrogen-bond donors (Lipinski definition) is 2. The Labute approximate surface area is 123 Å². The lowest BCUT2D eigenvalue weighted by Crippen LogP contribution is -2.28. The maximum absolute atomic E-state index is 12.0. The fraction of sp³-hybridized carbons (Fsp3) is 0.400. The third-order valence-corrected chi connectivity index (χ3v) is 3.36. The summed E-state index contributed by atoms with van der Waals surface area (Å²) >= 11 is 0. The van der Waals surface area contributed by atoms with E-state index < -0.39 is 0 Å². The normalized spacial score (nSPS) is 14.1. The number of nitrogens with one attached hydrogen (secondary N) is 2. The van der Waals surface area contributed by atoms with Crippen LogP contribution in [0, 0.1) is 0 Å². The van der Waals surface area contributed by atoms with Crippen molar-refractivity contribution in [3.63, 3.8) is 0 Å². The molecule has 21 heavy (non-hydrogen) atoms. The highest BCUT2D eigenvalue weighted by Crippen LogP contribution is 2.18. The van der Waals surface area contributed by atoms with Crippen molar-refractivity contribution in [2.75, 3.05) is 13.1 Å². The molecule has 0 aliphatic heterocycles. The average Bonchev–Trinajstić information content (AvgIpc) is 3.21. The Morgan fingerprint density at radius 2 is 2.05 bits per heavy atom. The van der Waals surface area contributed by atoms with E-state index in [2.05, 4.69) is 20.8 Å². The van der Waals surface area contributed by atoms with Gasteiger partial charge in [-0.25, -0.2) is 0 Å². The number of carbonyl (C=O) groups excluding carboxylic acids is 1. The molecule has 6 nitrogen and oxygen atoms in total. The molecule has 1 heterocycles. The first-order chi connectivity index (χ1) is 10.3. The second-order valence-corrected chi connectivity index (χ2v) is 5.19. The number of aromatic nitrogens is 3. The minimum atomic E-state index is -0.177. The minimum Gasteiger partial charge on any atom is -0.351 e. The molecule has 0 bridgehead atoms. The highest BCUT2D eigenvalue weighted by Gasteiger charge is 2.19. The molecule has 1 amide bonds. The van der Waals surface area contributed by atoms with Crippen LogP contribution in [0.15, 0.2) is 36.5 Å². The summed E-state index contributed by atoms with van der Waals surface area (Å²) in [6.07, 6.45) is 4.99. The van der Waals surface area contributed by atoms with Gasteiger partial charge >= 0.3 is 0 Å². The quantitative estimate of drug-likeness (QED) is 0.748. The molecule has 110 valence electrons. The molecule has 3 rings (SSSR count). The van der Waals surface area contributed by atoms with E-state index in [1.54, 1.807) is 0 Å². The number of benzene rings is 1. The van der Waals surface area contributed by atoms with Crippen molar-refractivity contribution in [2.24, 2.45) is 0 Å². The molecule has 2 N–H and O–H groups in total. The molecule has 1 aromatic heterocycles. The average molecular weight is 285 g/mol. The van der Waals surface area contributed by atoms with Crippen LogP contribution >= 0.6 is 0 Å². The maximum atomic E-state index is 12.0. The Morgan fingerprint density at radius 3 is 2.81 bits per heavy atom. The molecule has 0 saturated heterocycles. The number of hydrogen-bond acceptors (Lipinski definition) is 4. The molecular weight excluding hydrogens is 266 g/mol. The fourth-order valence-electron chi connectivity index (χ4n) is 2.03. The van der Waals surface area contributed by atoms with Gasteiger partial charge in [-0.1, -0.05) is 18.2 Å². The Bertz CT molecular complexity index is 591. The molecule has 0 atom stereocenters. The highest BCUT2D eigenvalue weighted by molar-refractivity contribution is 5.91. The summed E-state index contributed by atoms with van der Waals surface area (Å²) in [5, 5.41) is 14.6. The van der Waals surface area contributed by atoms with Crippen LogP contribution in [0.1, 0.15) is 29.8 Å². The van der Waals surface area contributed by atoms with E-state index in [4.69, 9.17) is 0 Å². The summed E-state index contributed by atoms with van der Waals surface area (Å²) in [6.45, 7) is 1.60. The Morgan fingerprint density at radius 1 is 1.24 bits per heavy atom. The second kappa shape index (κ2) is 6.49. The van der Waals surface area contributed by atoms with Gasteiger partial charge < -0.3 is 10.6 Å². The Hall–Kier alpha value is -2.21. The smallest absolute Gasteiger partial charge is 0.273 e. The lowest BCUT2D eigenvalue weighted by molar-refractivity contribution is 0.0948. The van der Waals surface area contributed by atoms with Gasteiger partial charge in [0.25, 0.3) is 5.91 Å².